The average Bonchev–Trinajstić information content (AvgIpc) is 3.61. The fraction of sp³-hybridized carbons (Fsp3) is 0.345. The van der Waals surface area contributed by atoms with E-state index in [1.165, 1.54) is 28.4 Å². The molecule has 1 aromatic heterocycles. The van der Waals surface area contributed by atoms with Gasteiger partial charge in [0.05, 0.1) is 17.0 Å². The molecule has 40 heavy (non-hydrogen) atoms. The standard InChI is InChI=1S/C29H28F3N3O4S/c1-19-6-2-3-9-22(19)26(37)35-23(25(36)33-17-20-7-4-8-21(16-20)29(30,31)32)18-39-28(35)11-13-34(14-12-28)27(38)24-10-5-15-40-24/h2-10,15-16,23H,11-14,17-18H2,1H3,(H,33,36). The normalized spacial score (nSPS) is 18.6. The van der Waals surface area contributed by atoms with Crippen molar-refractivity contribution in [2.45, 2.75) is 44.3 Å². The molecule has 5 rings (SSSR count). The van der Waals surface area contributed by atoms with Crippen molar-refractivity contribution < 1.29 is 32.3 Å². The molecule has 2 aromatic carbocycles. The molecule has 1 N–H and O–H groups in total. The molecule has 210 valence electrons. The molecule has 3 amide bonds. The number of ether oxygens (including phenoxy) is 1. The van der Waals surface area contributed by atoms with Crippen LogP contribution in [0.2, 0.25) is 0 Å². The number of alkyl halides is 3. The van der Waals surface area contributed by atoms with Crippen LogP contribution in [0.3, 0.4) is 0 Å². The fourth-order valence-corrected chi connectivity index (χ4v) is 5.98. The van der Waals surface area contributed by atoms with Gasteiger partial charge in [-0.1, -0.05) is 36.4 Å². The maximum Gasteiger partial charge on any atom is 0.416 e. The van der Waals surface area contributed by atoms with Gasteiger partial charge in [0.1, 0.15) is 11.8 Å². The number of carbonyl (C=O) groups excluding carboxylic acids is 3. The van der Waals surface area contributed by atoms with Crippen molar-refractivity contribution in [1.82, 2.24) is 15.1 Å². The minimum absolute atomic E-state index is 0.0646. The Labute approximate surface area is 233 Å². The highest BCUT2D eigenvalue weighted by molar-refractivity contribution is 7.12. The third-order valence-corrected chi connectivity index (χ3v) is 8.30. The molecule has 7 nitrogen and oxygen atoms in total. The molecule has 2 saturated heterocycles. The van der Waals surface area contributed by atoms with Crippen molar-refractivity contribution in [2.75, 3.05) is 19.7 Å². The van der Waals surface area contributed by atoms with Gasteiger partial charge in [0.25, 0.3) is 11.8 Å². The molecule has 0 bridgehead atoms. The number of amides is 3. The van der Waals surface area contributed by atoms with Crippen LogP contribution in [0, 0.1) is 6.92 Å². The molecule has 0 aliphatic carbocycles. The quantitative estimate of drug-likeness (QED) is 0.474. The summed E-state index contributed by atoms with van der Waals surface area (Å²) in [5.74, 6) is -0.976. The zero-order valence-corrected chi connectivity index (χ0v) is 22.6. The molecule has 3 heterocycles. The first-order valence-electron chi connectivity index (χ1n) is 12.9. The Bertz CT molecular complexity index is 1400. The summed E-state index contributed by atoms with van der Waals surface area (Å²) in [4.78, 5) is 44.1. The van der Waals surface area contributed by atoms with Crippen LogP contribution in [-0.4, -0.2) is 59.0 Å². The Morgan fingerprint density at radius 2 is 1.77 bits per heavy atom. The molecular weight excluding hydrogens is 543 g/mol. The second kappa shape index (κ2) is 11.1. The Morgan fingerprint density at radius 3 is 2.45 bits per heavy atom. The third kappa shape index (κ3) is 5.48. The van der Waals surface area contributed by atoms with E-state index in [9.17, 15) is 27.6 Å². The van der Waals surface area contributed by atoms with Gasteiger partial charge in [-0.25, -0.2) is 0 Å². The van der Waals surface area contributed by atoms with E-state index in [0.717, 1.165) is 17.7 Å². The molecule has 1 unspecified atom stereocenters. The second-order valence-electron chi connectivity index (χ2n) is 9.95. The van der Waals surface area contributed by atoms with Gasteiger partial charge in [0.15, 0.2) is 0 Å². The summed E-state index contributed by atoms with van der Waals surface area (Å²) in [7, 11) is 0. The topological polar surface area (TPSA) is 79.0 Å². The van der Waals surface area contributed by atoms with Crippen molar-refractivity contribution in [1.29, 1.82) is 0 Å². The summed E-state index contributed by atoms with van der Waals surface area (Å²) in [6.07, 6.45) is -3.86. The second-order valence-corrected chi connectivity index (χ2v) is 10.9. The molecule has 1 atom stereocenters. The molecule has 0 radical (unpaired) electrons. The van der Waals surface area contributed by atoms with E-state index >= 15 is 0 Å². The Morgan fingerprint density at radius 1 is 1.02 bits per heavy atom. The number of hydrogen-bond acceptors (Lipinski definition) is 5. The first-order valence-corrected chi connectivity index (χ1v) is 13.8. The van der Waals surface area contributed by atoms with E-state index in [-0.39, 0.29) is 30.5 Å². The van der Waals surface area contributed by atoms with Crippen molar-refractivity contribution in [3.8, 4) is 0 Å². The van der Waals surface area contributed by atoms with Crippen LogP contribution in [0.4, 0.5) is 13.2 Å². The van der Waals surface area contributed by atoms with E-state index in [1.807, 2.05) is 30.5 Å². The van der Waals surface area contributed by atoms with Gasteiger partial charge < -0.3 is 15.0 Å². The number of benzene rings is 2. The van der Waals surface area contributed by atoms with E-state index in [1.54, 1.807) is 23.1 Å². The molecule has 2 aliphatic heterocycles. The van der Waals surface area contributed by atoms with E-state index in [4.69, 9.17) is 4.74 Å². The summed E-state index contributed by atoms with van der Waals surface area (Å²) in [6, 6.07) is 14.4. The van der Waals surface area contributed by atoms with Crippen molar-refractivity contribution in [3.05, 3.63) is 93.2 Å². The van der Waals surface area contributed by atoms with Gasteiger partial charge in [0.2, 0.25) is 5.91 Å². The highest BCUT2D eigenvalue weighted by Crippen LogP contribution is 2.39. The van der Waals surface area contributed by atoms with Gasteiger partial charge in [-0.05, 0) is 47.7 Å². The first kappa shape index (κ1) is 27.9. The lowest BCUT2D eigenvalue weighted by molar-refractivity contribution is -0.137. The van der Waals surface area contributed by atoms with Gasteiger partial charge >= 0.3 is 6.18 Å². The molecule has 2 aliphatic rings. The summed E-state index contributed by atoms with van der Waals surface area (Å²) in [6.45, 7) is 2.29. The predicted molar refractivity (Wildman–Crippen MR) is 143 cm³/mol. The van der Waals surface area contributed by atoms with E-state index in [2.05, 4.69) is 5.32 Å². The van der Waals surface area contributed by atoms with Crippen LogP contribution in [-0.2, 0) is 22.3 Å². The van der Waals surface area contributed by atoms with Crippen LogP contribution in [0.15, 0.2) is 66.0 Å². The van der Waals surface area contributed by atoms with Gasteiger partial charge in [-0.3, -0.25) is 19.3 Å². The highest BCUT2D eigenvalue weighted by atomic mass is 32.1. The maximum atomic E-state index is 13.9. The number of nitrogens with zero attached hydrogens (tertiary/aromatic N) is 2. The molecule has 0 saturated carbocycles. The SMILES string of the molecule is Cc1ccccc1C(=O)N1C(C(=O)NCc2cccc(C(F)(F)F)c2)COC12CCN(C(=O)c1cccs1)CC2. The van der Waals surface area contributed by atoms with Crippen LogP contribution in [0.25, 0.3) is 0 Å². The maximum absolute atomic E-state index is 13.9. The van der Waals surface area contributed by atoms with Gasteiger partial charge in [-0.2, -0.15) is 13.2 Å². The predicted octanol–water partition coefficient (Wildman–Crippen LogP) is 4.87. The number of rotatable bonds is 5. The van der Waals surface area contributed by atoms with Crippen LogP contribution in [0.5, 0.6) is 0 Å². The number of thiophene rings is 1. The monoisotopic (exact) mass is 571 g/mol. The van der Waals surface area contributed by atoms with Gasteiger partial charge in [0, 0.05) is 38.0 Å². The molecular formula is C29H28F3N3O4S. The van der Waals surface area contributed by atoms with E-state index < -0.39 is 29.4 Å². The largest absolute Gasteiger partial charge is 0.416 e. The van der Waals surface area contributed by atoms with Crippen LogP contribution >= 0.6 is 11.3 Å². The van der Waals surface area contributed by atoms with Crippen LogP contribution in [0.1, 0.15) is 49.6 Å². The number of piperidine rings is 1. The van der Waals surface area contributed by atoms with E-state index in [0.29, 0.717) is 36.4 Å². The number of halogens is 3. The number of nitrogens with one attached hydrogen (secondary N) is 1. The van der Waals surface area contributed by atoms with Crippen molar-refractivity contribution >= 4 is 29.1 Å². The number of hydrogen-bond donors (Lipinski definition) is 1. The van der Waals surface area contributed by atoms with Crippen molar-refractivity contribution in [3.63, 3.8) is 0 Å². The Kier molecular flexibility index (Phi) is 7.70. The summed E-state index contributed by atoms with van der Waals surface area (Å²) in [5, 5.41) is 4.53. The smallest absolute Gasteiger partial charge is 0.353 e. The lowest BCUT2D eigenvalue weighted by Crippen LogP contribution is -2.59. The highest BCUT2D eigenvalue weighted by Gasteiger charge is 2.54. The lowest BCUT2D eigenvalue weighted by Gasteiger charge is -2.44. The number of aryl methyl sites for hydroxylation is 1. The fourth-order valence-electron chi connectivity index (χ4n) is 5.29. The molecule has 3 aromatic rings. The Hall–Kier alpha value is -3.70. The average molecular weight is 572 g/mol. The number of likely N-dealkylation sites (tertiary alicyclic amines) is 1. The van der Waals surface area contributed by atoms with Gasteiger partial charge in [-0.15, -0.1) is 11.3 Å². The lowest BCUT2D eigenvalue weighted by atomic mass is 9.95. The van der Waals surface area contributed by atoms with Crippen LogP contribution < -0.4 is 5.32 Å². The summed E-state index contributed by atoms with van der Waals surface area (Å²) >= 11 is 1.36. The first-order chi connectivity index (χ1) is 19.1. The minimum Gasteiger partial charge on any atom is -0.353 e. The van der Waals surface area contributed by atoms with Crippen molar-refractivity contribution in [2.24, 2.45) is 0 Å². The molecule has 1 spiro atoms. The Balaban J connectivity index is 1.36. The zero-order chi connectivity index (χ0) is 28.5. The summed E-state index contributed by atoms with van der Waals surface area (Å²) in [5.41, 5.74) is -0.441. The minimum atomic E-state index is -4.50. The number of carbonyl (C=O) groups is 3. The summed E-state index contributed by atoms with van der Waals surface area (Å²) < 4.78 is 45.6. The molecule has 11 heteroatoms. The third-order valence-electron chi connectivity index (χ3n) is 7.44. The molecule has 2 fully saturated rings. The zero-order valence-electron chi connectivity index (χ0n) is 21.7.